The molecule has 1 saturated heterocycles. The molecule has 1 aromatic rings. The Labute approximate surface area is 101 Å². The van der Waals surface area contributed by atoms with Gasteiger partial charge in [0, 0.05) is 14.5 Å². The minimum absolute atomic E-state index is 0.00614. The van der Waals surface area contributed by atoms with Crippen LogP contribution in [0.4, 0.5) is 0 Å². The molecule has 0 aromatic carbocycles. The van der Waals surface area contributed by atoms with E-state index in [2.05, 4.69) is 4.98 Å². The molecule has 1 aromatic heterocycles. The highest BCUT2D eigenvalue weighted by Crippen LogP contribution is 2.42. The van der Waals surface area contributed by atoms with Crippen LogP contribution < -0.4 is 11.2 Å². The Morgan fingerprint density at radius 1 is 1.53 bits per heavy atom. The third-order valence-electron chi connectivity index (χ3n) is 3.47. The van der Waals surface area contributed by atoms with Gasteiger partial charge in [-0.15, -0.1) is 0 Å². The van der Waals surface area contributed by atoms with Crippen molar-refractivity contribution in [3.8, 4) is 0 Å². The van der Waals surface area contributed by atoms with Crippen molar-refractivity contribution in [1.29, 1.82) is 0 Å². The monoisotopic (exact) mass is 240 g/mol. The largest absolute Gasteiger partial charge is 0.354 e. The zero-order valence-corrected chi connectivity index (χ0v) is 9.55. The molecule has 0 radical (unpaired) electrons. The third-order valence-corrected chi connectivity index (χ3v) is 3.47. The lowest BCUT2D eigenvalue weighted by Gasteiger charge is -2.15. The van der Waals surface area contributed by atoms with Crippen LogP contribution in [0, 0.1) is 12.8 Å². The Bertz CT molecular complexity index is 596. The summed E-state index contributed by atoms with van der Waals surface area (Å²) in [5, 5.41) is 0. The van der Waals surface area contributed by atoms with Crippen molar-refractivity contribution in [2.45, 2.75) is 44.9 Å². The lowest BCUT2D eigenvalue weighted by Crippen LogP contribution is -2.33. The van der Waals surface area contributed by atoms with E-state index in [1.165, 1.54) is 10.8 Å². The van der Waals surface area contributed by atoms with Gasteiger partial charge in [0.2, 0.25) is 0 Å². The predicted octanol–water partition coefficient (Wildman–Crippen LogP) is 0.933. The summed E-state index contributed by atoms with van der Waals surface area (Å²) in [4.78, 5) is 25.4. The topological polar surface area (TPSA) is 64.1 Å². The molecule has 1 saturated carbocycles. The molecular formula is C12H16N2O3. The van der Waals surface area contributed by atoms with E-state index in [0.717, 1.165) is 0 Å². The molecule has 0 spiro atoms. The average Bonchev–Trinajstić information content (AvgIpc) is 2.87. The summed E-state index contributed by atoms with van der Waals surface area (Å²) in [7, 11) is 0. The fourth-order valence-corrected chi connectivity index (χ4v) is 2.53. The van der Waals surface area contributed by atoms with Crippen LogP contribution >= 0.6 is 0 Å². The molecule has 2 fully saturated rings. The number of hydrogen-bond acceptors (Lipinski definition) is 3. The van der Waals surface area contributed by atoms with Gasteiger partial charge in [0.05, 0.1) is 6.10 Å². The highest BCUT2D eigenvalue weighted by molar-refractivity contribution is 5.02. The summed E-state index contributed by atoms with van der Waals surface area (Å²) in [5.41, 5.74) is -0.440. The molecule has 0 bridgehead atoms. The van der Waals surface area contributed by atoms with Crippen LogP contribution in [0.2, 0.25) is 0 Å². The van der Waals surface area contributed by atoms with Crippen molar-refractivity contribution in [2.75, 3.05) is 0 Å². The number of fused-ring (bicyclic) bond motifs is 1. The first-order valence-corrected chi connectivity index (χ1v) is 5.79. The molecule has 1 N–H and O–H groups in total. The Balaban J connectivity index is 1.92. The van der Waals surface area contributed by atoms with Gasteiger partial charge in [-0.2, -0.15) is 0 Å². The maximum absolute atomic E-state index is 11.8. The first kappa shape index (κ1) is 8.69. The van der Waals surface area contributed by atoms with Gasteiger partial charge in [0.1, 0.15) is 6.23 Å². The van der Waals surface area contributed by atoms with Crippen LogP contribution in [0.1, 0.15) is 40.2 Å². The fourth-order valence-electron chi connectivity index (χ4n) is 2.53. The van der Waals surface area contributed by atoms with Crippen LogP contribution in [-0.4, -0.2) is 15.7 Å². The highest BCUT2D eigenvalue weighted by atomic mass is 16.5. The number of aromatic amines is 1. The van der Waals surface area contributed by atoms with E-state index < -0.39 is 23.9 Å². The quantitative estimate of drug-likeness (QED) is 0.794. The summed E-state index contributed by atoms with van der Waals surface area (Å²) < 4.78 is 22.9. The summed E-state index contributed by atoms with van der Waals surface area (Å²) in [6.45, 7) is 1.63. The van der Waals surface area contributed by atoms with Crippen LogP contribution in [0.5, 0.6) is 0 Å². The smallest absolute Gasteiger partial charge is 0.330 e. The van der Waals surface area contributed by atoms with E-state index in [1.807, 2.05) is 0 Å². The van der Waals surface area contributed by atoms with Crippen molar-refractivity contribution < 1.29 is 7.48 Å². The van der Waals surface area contributed by atoms with Crippen LogP contribution in [0.15, 0.2) is 15.8 Å². The van der Waals surface area contributed by atoms with Gasteiger partial charge in [-0.05, 0) is 32.1 Å². The van der Waals surface area contributed by atoms with Gasteiger partial charge in [0.25, 0.3) is 5.56 Å². The van der Waals surface area contributed by atoms with E-state index in [0.29, 0.717) is 18.4 Å². The van der Waals surface area contributed by atoms with Crippen molar-refractivity contribution in [1.82, 2.24) is 9.55 Å². The normalized spacial score (nSPS) is 42.1. The maximum Gasteiger partial charge on any atom is 0.330 e. The lowest BCUT2D eigenvalue weighted by molar-refractivity contribution is -0.00320. The molecule has 0 amide bonds. The number of aryl methyl sites for hydroxylation is 1. The van der Waals surface area contributed by atoms with Gasteiger partial charge in [-0.1, -0.05) is 6.42 Å². The first-order valence-electron chi connectivity index (χ1n) is 6.95. The molecule has 2 heterocycles. The van der Waals surface area contributed by atoms with Crippen molar-refractivity contribution in [3.05, 3.63) is 32.6 Å². The second-order valence-electron chi connectivity index (χ2n) is 4.64. The Kier molecular flexibility index (Phi) is 1.96. The van der Waals surface area contributed by atoms with E-state index in [9.17, 15) is 9.59 Å². The molecule has 2 aliphatic rings. The fraction of sp³-hybridized carbons (Fsp3) is 0.667. The highest BCUT2D eigenvalue weighted by Gasteiger charge is 2.39. The summed E-state index contributed by atoms with van der Waals surface area (Å²) >= 11 is 0. The number of rotatable bonds is 1. The van der Waals surface area contributed by atoms with Crippen LogP contribution in [-0.2, 0) is 4.74 Å². The number of nitrogens with zero attached hydrogens (tertiary/aromatic N) is 1. The minimum atomic E-state index is -0.497. The number of aromatic nitrogens is 2. The first-order chi connectivity index (χ1) is 8.97. The van der Waals surface area contributed by atoms with Gasteiger partial charge < -0.3 is 4.74 Å². The van der Waals surface area contributed by atoms with Gasteiger partial charge in [-0.25, -0.2) is 4.79 Å². The molecule has 1 aliphatic carbocycles. The molecule has 92 valence electrons. The molecule has 5 heteroatoms. The number of hydrogen-bond donors (Lipinski definition) is 1. The Morgan fingerprint density at radius 3 is 3.12 bits per heavy atom. The standard InChI is InChI=1S/C12H16N2O3/c1-7-6-14(12(16)13-11(7)15)10-5-8-3-2-4-9(8)17-10/h6,8-10H,2-5H2,1H3,(H,13,15,16)/t8-,9-,10-/m1/s1/i3T,4T/t3-,4-,8-,9-,10-. The van der Waals surface area contributed by atoms with Crippen molar-refractivity contribution in [2.24, 2.45) is 5.92 Å². The Morgan fingerprint density at radius 2 is 2.35 bits per heavy atom. The zero-order valence-electron chi connectivity index (χ0n) is 11.6. The molecular weight excluding hydrogens is 220 g/mol. The van der Waals surface area contributed by atoms with Gasteiger partial charge in [-0.3, -0.25) is 14.3 Å². The van der Waals surface area contributed by atoms with Crippen LogP contribution in [0.3, 0.4) is 0 Å². The predicted molar refractivity (Wildman–Crippen MR) is 61.9 cm³/mol. The van der Waals surface area contributed by atoms with Crippen molar-refractivity contribution >= 4 is 0 Å². The zero-order chi connectivity index (χ0) is 13.7. The summed E-state index contributed by atoms with van der Waals surface area (Å²) in [5.74, 6) is 0.00614. The lowest BCUT2D eigenvalue weighted by atomic mass is 10.0. The number of H-pyrrole nitrogens is 1. The molecule has 1 aliphatic heterocycles. The van der Waals surface area contributed by atoms with Gasteiger partial charge >= 0.3 is 5.69 Å². The van der Waals surface area contributed by atoms with E-state index >= 15 is 0 Å². The van der Waals surface area contributed by atoms with E-state index in [4.69, 9.17) is 7.48 Å². The van der Waals surface area contributed by atoms with E-state index in [-0.39, 0.29) is 18.4 Å². The second-order valence-corrected chi connectivity index (χ2v) is 4.64. The summed E-state index contributed by atoms with van der Waals surface area (Å²) in [6.07, 6.45) is 1.14. The molecule has 5 nitrogen and oxygen atoms in total. The molecule has 0 unspecified atom stereocenters. The molecule has 3 rings (SSSR count). The third kappa shape index (κ3) is 1.74. The Hall–Kier alpha value is -1.36. The van der Waals surface area contributed by atoms with Crippen LogP contribution in [0.25, 0.3) is 0 Å². The molecule has 5 atom stereocenters. The maximum atomic E-state index is 11.8. The number of ether oxygens (including phenoxy) is 1. The number of nitrogens with one attached hydrogen (secondary N) is 1. The van der Waals surface area contributed by atoms with Crippen molar-refractivity contribution in [3.63, 3.8) is 0 Å². The average molecular weight is 240 g/mol. The van der Waals surface area contributed by atoms with Gasteiger partial charge in [0.15, 0.2) is 0 Å². The minimum Gasteiger partial charge on any atom is -0.354 e. The molecule has 17 heavy (non-hydrogen) atoms. The SMILES string of the molecule is [3H][C@@H]1C[C@@H]([3H])[C@H]2O[C@@H](n3cc(C)c(=O)[nH]c3=O)C[C@H]21. The van der Waals surface area contributed by atoms with E-state index in [1.54, 1.807) is 6.92 Å². The summed E-state index contributed by atoms with van der Waals surface area (Å²) in [6, 6.07) is 0. The second kappa shape index (κ2) is 3.84.